The van der Waals surface area contributed by atoms with E-state index in [1.54, 1.807) is 0 Å². The maximum absolute atomic E-state index is 8.69. The fourth-order valence-corrected chi connectivity index (χ4v) is 14.7. The molecule has 0 N–H and O–H groups in total. The fraction of sp³-hybridized carbons (Fsp3) is 0.0943. The van der Waals surface area contributed by atoms with Crippen LogP contribution in [-0.2, 0) is 33.5 Å². The second kappa shape index (κ2) is 13.7. The van der Waals surface area contributed by atoms with Gasteiger partial charge in [0, 0.05) is 60.7 Å². The van der Waals surface area contributed by atoms with E-state index in [0.29, 0.717) is 22.7 Å². The van der Waals surface area contributed by atoms with Crippen LogP contribution in [0.4, 0.5) is 0 Å². The fourth-order valence-electron chi connectivity index (χ4n) is 9.65. The van der Waals surface area contributed by atoms with Gasteiger partial charge in [-0.15, -0.1) is 34.8 Å². The van der Waals surface area contributed by atoms with Gasteiger partial charge in [0.1, 0.15) is 5.82 Å². The van der Waals surface area contributed by atoms with E-state index in [1.165, 1.54) is 20.5 Å². The minimum absolute atomic E-state index is 0. The predicted molar refractivity (Wildman–Crippen MR) is 244 cm³/mol. The van der Waals surface area contributed by atoms with E-state index in [2.05, 4.69) is 181 Å². The van der Waals surface area contributed by atoms with Gasteiger partial charge in [-0.3, -0.25) is 0 Å². The van der Waals surface area contributed by atoms with Crippen molar-refractivity contribution >= 4 is 78.4 Å². The van der Waals surface area contributed by atoms with Crippen molar-refractivity contribution in [2.75, 3.05) is 0 Å². The number of ether oxygens (including phenoxy) is 1. The van der Waals surface area contributed by atoms with Crippen molar-refractivity contribution in [1.82, 2.24) is 18.4 Å². The first-order chi connectivity index (χ1) is 30.5. The Kier molecular flexibility index (Phi) is 7.71. The molecule has 0 unspecified atom stereocenters. The number of para-hydroxylation sites is 2. The molecular weight excluding hydrogens is 946 g/mol. The standard InChI is InChI=1S/C53H39N5OSi.Pt/c1-53(2,3)35-29-30-54-50(31-35)57-44-21-13-11-19-40(44)42-25-23-36(32-47(42)57)59-37-24-28-49-48(33-37)56-34-55(4)46-27-26-43-41-20-12-14-22-45(41)58(51(43)52(46)56)60(49,38-15-7-5-8-16-38)39-17-9-6-10-18-39;/h5-31H,1-4H3;/q-2;/i4D3;. The zero-order valence-corrected chi connectivity index (χ0v) is 36.8. The molecule has 0 radical (unpaired) electrons. The number of imidazole rings is 1. The third-order valence-corrected chi connectivity index (χ3v) is 17.0. The molecule has 0 amide bonds. The summed E-state index contributed by atoms with van der Waals surface area (Å²) in [4.78, 5) is 4.86. The molecule has 4 aromatic heterocycles. The molecule has 0 spiro atoms. The summed E-state index contributed by atoms with van der Waals surface area (Å²) >= 11 is 0. The molecule has 6 nitrogen and oxygen atoms in total. The topological polar surface area (TPSA) is 40.8 Å². The van der Waals surface area contributed by atoms with E-state index in [0.717, 1.165) is 60.1 Å². The van der Waals surface area contributed by atoms with Crippen molar-refractivity contribution in [3.63, 3.8) is 0 Å². The summed E-state index contributed by atoms with van der Waals surface area (Å²) in [6, 6.07) is 62.1. The number of pyridine rings is 1. The molecule has 11 aromatic rings. The summed E-state index contributed by atoms with van der Waals surface area (Å²) in [5.41, 5.74) is 7.00. The van der Waals surface area contributed by atoms with Crippen LogP contribution in [0, 0.1) is 18.5 Å². The normalized spacial score (nSPS) is 14.2. The van der Waals surface area contributed by atoms with Crippen molar-refractivity contribution in [2.45, 2.75) is 26.2 Å². The van der Waals surface area contributed by atoms with Crippen molar-refractivity contribution in [3.8, 4) is 23.0 Å². The molecule has 0 aliphatic carbocycles. The third kappa shape index (κ3) is 5.37. The van der Waals surface area contributed by atoms with Gasteiger partial charge < -0.3 is 22.7 Å². The minimum atomic E-state index is -3.33. The van der Waals surface area contributed by atoms with E-state index >= 15 is 0 Å². The van der Waals surface area contributed by atoms with Gasteiger partial charge in [0.25, 0.3) is 0 Å². The molecule has 8 heteroatoms. The SMILES string of the molecule is [2H]C([2H])([2H])[n+]1[c-]n2c3c4c(ccc31)c1ccccc1n4[Si](c1ccccc1)(c1ccccc1)c1ccc(Oc3[c-]c4c(cc3)c3ccccc3n4-c3cc(C(C)(C)C)ccn3)[c-]c1-2.[Pt]. The van der Waals surface area contributed by atoms with Crippen LogP contribution in [0.2, 0.25) is 0 Å². The molecular formula is C53H39N5OPtSi-2. The molecule has 61 heavy (non-hydrogen) atoms. The average Bonchev–Trinajstić information content (AvgIpc) is 3.94. The van der Waals surface area contributed by atoms with Gasteiger partial charge >= 0.3 is 0 Å². The van der Waals surface area contributed by atoms with Gasteiger partial charge in [0.05, 0.1) is 22.1 Å². The Balaban J connectivity index is 0.00000456. The summed E-state index contributed by atoms with van der Waals surface area (Å²) in [7, 11) is -3.33. The Bertz CT molecular complexity index is 3610. The Hall–Kier alpha value is -6.53. The van der Waals surface area contributed by atoms with E-state index in [9.17, 15) is 0 Å². The molecule has 5 heterocycles. The summed E-state index contributed by atoms with van der Waals surface area (Å²) in [5.74, 6) is 1.78. The maximum atomic E-state index is 8.69. The first kappa shape index (κ1) is 34.2. The van der Waals surface area contributed by atoms with Crippen LogP contribution in [0.1, 0.15) is 30.4 Å². The second-order valence-electron chi connectivity index (χ2n) is 16.7. The van der Waals surface area contributed by atoms with E-state index in [4.69, 9.17) is 13.8 Å². The molecule has 298 valence electrons. The number of fused-ring (bicyclic) bond motifs is 8. The van der Waals surface area contributed by atoms with Crippen LogP contribution >= 0.6 is 0 Å². The number of rotatable bonds is 5. The molecule has 1 aliphatic rings. The quantitative estimate of drug-likeness (QED) is 0.0981. The maximum Gasteiger partial charge on any atom is 0.242 e. The van der Waals surface area contributed by atoms with E-state index in [-0.39, 0.29) is 26.5 Å². The van der Waals surface area contributed by atoms with Gasteiger partial charge in [-0.2, -0.15) is 12.1 Å². The number of hydrogen-bond acceptors (Lipinski definition) is 2. The number of aromatic nitrogens is 5. The first-order valence-corrected chi connectivity index (χ1v) is 22.2. The third-order valence-electron chi connectivity index (χ3n) is 12.3. The monoisotopic (exact) mass is 987 g/mol. The number of hydrogen-bond donors (Lipinski definition) is 0. The summed E-state index contributed by atoms with van der Waals surface area (Å²) in [6.45, 7) is 4.12. The second-order valence-corrected chi connectivity index (χ2v) is 20.2. The zero-order chi connectivity index (χ0) is 42.8. The molecule has 1 aliphatic heterocycles. The van der Waals surface area contributed by atoms with Crippen molar-refractivity contribution in [3.05, 3.63) is 188 Å². The number of nitrogens with zero attached hydrogens (tertiary/aromatic N) is 5. The Morgan fingerprint density at radius 3 is 2.02 bits per heavy atom. The molecule has 0 saturated heterocycles. The van der Waals surface area contributed by atoms with Gasteiger partial charge in [-0.25, -0.2) is 4.98 Å². The van der Waals surface area contributed by atoms with Gasteiger partial charge in [-0.05, 0) is 56.4 Å². The molecule has 0 fully saturated rings. The zero-order valence-electron chi connectivity index (χ0n) is 36.5. The minimum Gasteiger partial charge on any atom is -0.510 e. The molecule has 12 rings (SSSR count). The predicted octanol–water partition coefficient (Wildman–Crippen LogP) is 9.37. The van der Waals surface area contributed by atoms with Gasteiger partial charge in [0.15, 0.2) is 8.24 Å². The molecule has 0 saturated carbocycles. The number of benzene rings is 7. The summed E-state index contributed by atoms with van der Waals surface area (Å²) in [5, 5.41) is 7.63. The summed E-state index contributed by atoms with van der Waals surface area (Å²) < 4.78 is 40.8. The summed E-state index contributed by atoms with van der Waals surface area (Å²) in [6.07, 6.45) is 5.22. The van der Waals surface area contributed by atoms with Crippen LogP contribution in [-0.4, -0.2) is 26.6 Å². The molecule has 0 bridgehead atoms. The van der Waals surface area contributed by atoms with Crippen molar-refractivity contribution in [2.24, 2.45) is 6.98 Å². The smallest absolute Gasteiger partial charge is 0.242 e. The van der Waals surface area contributed by atoms with Crippen LogP contribution < -0.4 is 24.9 Å². The van der Waals surface area contributed by atoms with Gasteiger partial charge in [0.2, 0.25) is 6.33 Å². The van der Waals surface area contributed by atoms with E-state index < -0.39 is 15.2 Å². The van der Waals surface area contributed by atoms with Crippen LogP contribution in [0.15, 0.2) is 164 Å². The number of aryl methyl sites for hydroxylation is 1. The Morgan fingerprint density at radius 1 is 0.656 bits per heavy atom. The Morgan fingerprint density at radius 2 is 1.30 bits per heavy atom. The largest absolute Gasteiger partial charge is 0.510 e. The molecule has 0 atom stereocenters. The van der Waals surface area contributed by atoms with Crippen molar-refractivity contribution < 1.29 is 34.5 Å². The van der Waals surface area contributed by atoms with Crippen LogP contribution in [0.25, 0.3) is 66.2 Å². The van der Waals surface area contributed by atoms with E-state index in [1.807, 2.05) is 35.0 Å². The molecule has 7 aromatic carbocycles. The Labute approximate surface area is 373 Å². The van der Waals surface area contributed by atoms with Crippen molar-refractivity contribution in [1.29, 1.82) is 0 Å². The van der Waals surface area contributed by atoms with Crippen LogP contribution in [0.3, 0.4) is 0 Å². The van der Waals surface area contributed by atoms with Crippen LogP contribution in [0.5, 0.6) is 11.5 Å². The first-order valence-electron chi connectivity index (χ1n) is 21.7. The van der Waals surface area contributed by atoms with Gasteiger partial charge in [-0.1, -0.05) is 141 Å². The average molecular weight is 988 g/mol.